The predicted octanol–water partition coefficient (Wildman–Crippen LogP) is 3.61. The van der Waals surface area contributed by atoms with Gasteiger partial charge in [0.1, 0.15) is 22.9 Å². The van der Waals surface area contributed by atoms with Crippen LogP contribution in [0.5, 0.6) is 11.5 Å². The first-order valence-electron chi connectivity index (χ1n) is 11.1. The molecule has 0 radical (unpaired) electrons. The molecule has 3 aromatic rings. The van der Waals surface area contributed by atoms with Crippen LogP contribution >= 0.6 is 0 Å². The van der Waals surface area contributed by atoms with Crippen molar-refractivity contribution >= 4 is 16.9 Å². The summed E-state index contributed by atoms with van der Waals surface area (Å²) in [5.74, 6) is -0.416. The Kier molecular flexibility index (Phi) is 6.93. The standard InChI is InChI=1S/C25H27FN2O5/c1-16-13-23(30)33-22-15-18(14-21(29)24(16)22)32-12-4-9-28-10-7-17(8-11-28)27-25(31)19-5-2-3-6-20(19)26/h2-3,5-6,13-15,17,29H,4,7-12H2,1H3,(H,27,31). The van der Waals surface area contributed by atoms with E-state index in [1.165, 1.54) is 24.3 Å². The fourth-order valence-corrected chi connectivity index (χ4v) is 4.21. The van der Waals surface area contributed by atoms with Gasteiger partial charge in [-0.25, -0.2) is 9.18 Å². The average molecular weight is 454 g/mol. The molecule has 1 fully saturated rings. The summed E-state index contributed by atoms with van der Waals surface area (Å²) >= 11 is 0. The molecule has 7 nitrogen and oxygen atoms in total. The molecule has 0 unspecified atom stereocenters. The lowest BCUT2D eigenvalue weighted by molar-refractivity contribution is 0.0905. The van der Waals surface area contributed by atoms with Crippen molar-refractivity contribution in [1.82, 2.24) is 10.2 Å². The number of likely N-dealkylation sites (tertiary alicyclic amines) is 1. The second-order valence-corrected chi connectivity index (χ2v) is 8.34. The Morgan fingerprint density at radius 1 is 1.24 bits per heavy atom. The fraction of sp³-hybridized carbons (Fsp3) is 0.360. The fourth-order valence-electron chi connectivity index (χ4n) is 4.21. The molecule has 1 aromatic heterocycles. The summed E-state index contributed by atoms with van der Waals surface area (Å²) in [6.45, 7) is 4.70. The Hall–Kier alpha value is -3.39. The summed E-state index contributed by atoms with van der Waals surface area (Å²) in [6.07, 6.45) is 2.39. The average Bonchev–Trinajstić information content (AvgIpc) is 2.77. The van der Waals surface area contributed by atoms with E-state index in [0.717, 1.165) is 38.9 Å². The van der Waals surface area contributed by atoms with E-state index >= 15 is 0 Å². The maximum absolute atomic E-state index is 13.8. The number of rotatable bonds is 7. The highest BCUT2D eigenvalue weighted by molar-refractivity contribution is 5.94. The largest absolute Gasteiger partial charge is 0.507 e. The highest BCUT2D eigenvalue weighted by atomic mass is 19.1. The van der Waals surface area contributed by atoms with Crippen LogP contribution in [0.2, 0.25) is 0 Å². The molecular formula is C25H27FN2O5. The van der Waals surface area contributed by atoms with Gasteiger partial charge in [-0.3, -0.25) is 4.79 Å². The maximum atomic E-state index is 13.8. The molecule has 1 aliphatic heterocycles. The molecule has 2 aromatic carbocycles. The van der Waals surface area contributed by atoms with Crippen LogP contribution in [0.25, 0.3) is 11.0 Å². The minimum atomic E-state index is -0.510. The topological polar surface area (TPSA) is 92.0 Å². The normalized spacial score (nSPS) is 15.0. The first-order valence-corrected chi connectivity index (χ1v) is 11.1. The van der Waals surface area contributed by atoms with E-state index in [2.05, 4.69) is 10.2 Å². The Morgan fingerprint density at radius 2 is 2.00 bits per heavy atom. The zero-order chi connectivity index (χ0) is 23.4. The van der Waals surface area contributed by atoms with E-state index in [0.29, 0.717) is 28.9 Å². The minimum Gasteiger partial charge on any atom is -0.507 e. The van der Waals surface area contributed by atoms with Gasteiger partial charge in [0.2, 0.25) is 0 Å². The smallest absolute Gasteiger partial charge is 0.336 e. The summed E-state index contributed by atoms with van der Waals surface area (Å²) < 4.78 is 24.7. The number of fused-ring (bicyclic) bond motifs is 1. The lowest BCUT2D eigenvalue weighted by atomic mass is 10.0. The quantitative estimate of drug-likeness (QED) is 0.419. The van der Waals surface area contributed by atoms with Crippen LogP contribution < -0.4 is 15.7 Å². The van der Waals surface area contributed by atoms with E-state index in [1.807, 2.05) is 0 Å². The van der Waals surface area contributed by atoms with Gasteiger partial charge < -0.3 is 24.5 Å². The van der Waals surface area contributed by atoms with Crippen molar-refractivity contribution in [2.24, 2.45) is 0 Å². The van der Waals surface area contributed by atoms with Crippen molar-refractivity contribution in [3.63, 3.8) is 0 Å². The molecule has 0 spiro atoms. The molecule has 174 valence electrons. The Bertz CT molecular complexity index is 1200. The molecular weight excluding hydrogens is 427 g/mol. The molecule has 0 saturated carbocycles. The number of hydrogen-bond donors (Lipinski definition) is 2. The molecule has 0 bridgehead atoms. The molecule has 1 aliphatic rings. The maximum Gasteiger partial charge on any atom is 0.336 e. The predicted molar refractivity (Wildman–Crippen MR) is 122 cm³/mol. The number of benzene rings is 2. The zero-order valence-electron chi connectivity index (χ0n) is 18.5. The molecule has 4 rings (SSSR count). The van der Waals surface area contributed by atoms with Gasteiger partial charge in [-0.15, -0.1) is 0 Å². The molecule has 2 N–H and O–H groups in total. The lowest BCUT2D eigenvalue weighted by Gasteiger charge is -2.32. The molecule has 0 atom stereocenters. The van der Waals surface area contributed by atoms with Gasteiger partial charge in [-0.1, -0.05) is 12.1 Å². The number of piperidine rings is 1. The molecule has 1 saturated heterocycles. The summed E-state index contributed by atoms with van der Waals surface area (Å²) in [6, 6.07) is 10.5. The zero-order valence-corrected chi connectivity index (χ0v) is 18.5. The van der Waals surface area contributed by atoms with Gasteiger partial charge in [0.05, 0.1) is 17.6 Å². The second kappa shape index (κ2) is 10.0. The van der Waals surface area contributed by atoms with Gasteiger partial charge in [-0.2, -0.15) is 0 Å². The number of hydrogen-bond acceptors (Lipinski definition) is 6. The van der Waals surface area contributed by atoms with E-state index < -0.39 is 11.4 Å². The number of amides is 1. The third-order valence-electron chi connectivity index (χ3n) is 5.92. The summed E-state index contributed by atoms with van der Waals surface area (Å²) in [5, 5.41) is 13.7. The molecule has 1 amide bonds. The van der Waals surface area contributed by atoms with E-state index in [4.69, 9.17) is 9.15 Å². The number of nitrogens with one attached hydrogen (secondary N) is 1. The van der Waals surface area contributed by atoms with Crippen molar-refractivity contribution in [2.45, 2.75) is 32.2 Å². The summed E-state index contributed by atoms with van der Waals surface area (Å²) in [7, 11) is 0. The number of ether oxygens (including phenoxy) is 1. The van der Waals surface area contributed by atoms with Crippen molar-refractivity contribution in [3.8, 4) is 11.5 Å². The summed E-state index contributed by atoms with van der Waals surface area (Å²) in [5.41, 5.74) is 0.560. The first kappa shape index (κ1) is 22.8. The van der Waals surface area contributed by atoms with Crippen LogP contribution in [0.4, 0.5) is 4.39 Å². The van der Waals surface area contributed by atoms with Crippen molar-refractivity contribution < 1.29 is 23.4 Å². The minimum absolute atomic E-state index is 0.0169. The number of carbonyl (C=O) groups is 1. The number of halogens is 1. The number of aromatic hydroxyl groups is 1. The highest BCUT2D eigenvalue weighted by Crippen LogP contribution is 2.31. The number of phenolic OH excluding ortho intramolecular Hbond substituents is 1. The number of phenols is 1. The third-order valence-corrected chi connectivity index (χ3v) is 5.92. The van der Waals surface area contributed by atoms with Crippen molar-refractivity contribution in [2.75, 3.05) is 26.2 Å². The van der Waals surface area contributed by atoms with Gasteiger partial charge in [0, 0.05) is 43.9 Å². The highest BCUT2D eigenvalue weighted by Gasteiger charge is 2.22. The number of nitrogens with zero attached hydrogens (tertiary/aromatic N) is 1. The Morgan fingerprint density at radius 3 is 2.76 bits per heavy atom. The van der Waals surface area contributed by atoms with Crippen LogP contribution in [0.3, 0.4) is 0 Å². The molecule has 0 aliphatic carbocycles. The van der Waals surface area contributed by atoms with Crippen molar-refractivity contribution in [3.05, 3.63) is 69.8 Å². The van der Waals surface area contributed by atoms with Crippen LogP contribution in [0.15, 0.2) is 51.7 Å². The number of aryl methyl sites for hydroxylation is 1. The first-order chi connectivity index (χ1) is 15.9. The van der Waals surface area contributed by atoms with Gasteiger partial charge in [0.25, 0.3) is 5.91 Å². The van der Waals surface area contributed by atoms with E-state index in [1.54, 1.807) is 25.1 Å². The van der Waals surface area contributed by atoms with Crippen LogP contribution in [0.1, 0.15) is 35.2 Å². The lowest BCUT2D eigenvalue weighted by Crippen LogP contribution is -2.45. The summed E-state index contributed by atoms with van der Waals surface area (Å²) in [4.78, 5) is 26.2. The van der Waals surface area contributed by atoms with E-state index in [9.17, 15) is 19.1 Å². The molecule has 8 heteroatoms. The number of carbonyl (C=O) groups excluding carboxylic acids is 1. The van der Waals surface area contributed by atoms with Gasteiger partial charge >= 0.3 is 5.63 Å². The van der Waals surface area contributed by atoms with Crippen molar-refractivity contribution in [1.29, 1.82) is 0 Å². The van der Waals surface area contributed by atoms with Gasteiger partial charge in [-0.05, 0) is 43.9 Å². The molecule has 2 heterocycles. The monoisotopic (exact) mass is 454 g/mol. The molecule has 33 heavy (non-hydrogen) atoms. The Balaban J connectivity index is 1.21. The third kappa shape index (κ3) is 5.51. The van der Waals surface area contributed by atoms with Crippen LogP contribution in [-0.4, -0.2) is 48.2 Å². The second-order valence-electron chi connectivity index (χ2n) is 8.34. The van der Waals surface area contributed by atoms with Gasteiger partial charge in [0.15, 0.2) is 0 Å². The van der Waals surface area contributed by atoms with E-state index in [-0.39, 0.29) is 23.3 Å². The van der Waals surface area contributed by atoms with Crippen LogP contribution in [0, 0.1) is 12.7 Å². The Labute approximate surface area is 190 Å². The SMILES string of the molecule is Cc1cc(=O)oc2cc(OCCCN3CCC(NC(=O)c4ccccc4F)CC3)cc(O)c12. The van der Waals surface area contributed by atoms with Crippen LogP contribution in [-0.2, 0) is 0 Å².